The van der Waals surface area contributed by atoms with E-state index in [2.05, 4.69) is 29.4 Å². The first-order valence-corrected chi connectivity index (χ1v) is 5.42. The molecule has 1 heterocycles. The molecule has 1 N–H and O–H groups in total. The van der Waals surface area contributed by atoms with Gasteiger partial charge in [0.15, 0.2) is 5.16 Å². The predicted octanol–water partition coefficient (Wildman–Crippen LogP) is 0.905. The molecule has 1 rings (SSSR count). The van der Waals surface area contributed by atoms with Crippen molar-refractivity contribution in [2.24, 2.45) is 7.05 Å². The summed E-state index contributed by atoms with van der Waals surface area (Å²) in [7, 11) is 1.96. The molecule has 0 spiro atoms. The van der Waals surface area contributed by atoms with E-state index in [1.807, 2.05) is 11.6 Å². The lowest BCUT2D eigenvalue weighted by Crippen LogP contribution is -2.27. The third-order valence-corrected chi connectivity index (χ3v) is 2.98. The summed E-state index contributed by atoms with van der Waals surface area (Å²) in [5, 5.41) is 12.1. The Morgan fingerprint density at radius 1 is 1.69 bits per heavy atom. The Bertz CT molecular complexity index is 248. The predicted molar refractivity (Wildman–Crippen MR) is 54.9 cm³/mol. The maximum Gasteiger partial charge on any atom is 0.190 e. The Kier molecular flexibility index (Phi) is 4.24. The molecule has 0 aliphatic heterocycles. The topological polar surface area (TPSA) is 42.7 Å². The van der Waals surface area contributed by atoms with Crippen LogP contribution in [0.1, 0.15) is 13.8 Å². The van der Waals surface area contributed by atoms with Crippen LogP contribution < -0.4 is 5.32 Å². The average Bonchev–Trinajstić information content (AvgIpc) is 2.48. The minimum atomic E-state index is 0.520. The number of nitrogens with zero attached hydrogens (tertiary/aromatic N) is 3. The summed E-state index contributed by atoms with van der Waals surface area (Å²) in [5.41, 5.74) is 0. The molecule has 1 atom stereocenters. The summed E-state index contributed by atoms with van der Waals surface area (Å²) < 4.78 is 1.93. The smallest absolute Gasteiger partial charge is 0.190 e. The largest absolute Gasteiger partial charge is 0.314 e. The van der Waals surface area contributed by atoms with Crippen molar-refractivity contribution in [2.75, 3.05) is 12.3 Å². The molecule has 13 heavy (non-hydrogen) atoms. The van der Waals surface area contributed by atoms with E-state index in [-0.39, 0.29) is 0 Å². The monoisotopic (exact) mass is 200 g/mol. The molecule has 5 heteroatoms. The maximum atomic E-state index is 4.00. The van der Waals surface area contributed by atoms with Crippen LogP contribution in [0.2, 0.25) is 0 Å². The molecular formula is C8H16N4S. The standard InChI is InChI=1S/C8H16N4S/c1-4-9-7(2)5-13-8-11-10-6-12(8)3/h6-7,9H,4-5H2,1-3H3. The van der Waals surface area contributed by atoms with Gasteiger partial charge in [0.1, 0.15) is 6.33 Å². The van der Waals surface area contributed by atoms with Crippen molar-refractivity contribution < 1.29 is 0 Å². The molecule has 0 saturated heterocycles. The minimum Gasteiger partial charge on any atom is -0.314 e. The molecule has 4 nitrogen and oxygen atoms in total. The van der Waals surface area contributed by atoms with E-state index in [0.717, 1.165) is 17.5 Å². The van der Waals surface area contributed by atoms with Crippen molar-refractivity contribution in [3.63, 3.8) is 0 Å². The Morgan fingerprint density at radius 2 is 2.46 bits per heavy atom. The molecule has 1 aromatic rings. The quantitative estimate of drug-likeness (QED) is 0.717. The Morgan fingerprint density at radius 3 is 3.00 bits per heavy atom. The zero-order valence-corrected chi connectivity index (χ0v) is 9.14. The van der Waals surface area contributed by atoms with Crippen molar-refractivity contribution in [3.05, 3.63) is 6.33 Å². The Balaban J connectivity index is 2.30. The highest BCUT2D eigenvalue weighted by atomic mass is 32.2. The van der Waals surface area contributed by atoms with Crippen molar-refractivity contribution >= 4 is 11.8 Å². The van der Waals surface area contributed by atoms with E-state index in [1.54, 1.807) is 18.1 Å². The highest BCUT2D eigenvalue weighted by Crippen LogP contribution is 2.13. The zero-order valence-electron chi connectivity index (χ0n) is 8.32. The second-order valence-corrected chi connectivity index (χ2v) is 3.98. The molecule has 0 saturated carbocycles. The van der Waals surface area contributed by atoms with Crippen molar-refractivity contribution in [3.8, 4) is 0 Å². The highest BCUT2D eigenvalue weighted by Gasteiger charge is 2.04. The van der Waals surface area contributed by atoms with Crippen LogP contribution in [0.25, 0.3) is 0 Å². The molecule has 0 radical (unpaired) electrons. The Hall–Kier alpha value is -0.550. The van der Waals surface area contributed by atoms with Gasteiger partial charge in [-0.15, -0.1) is 10.2 Å². The van der Waals surface area contributed by atoms with Crippen LogP contribution in [0.4, 0.5) is 0 Å². The van der Waals surface area contributed by atoms with Gasteiger partial charge in [-0.3, -0.25) is 0 Å². The lowest BCUT2D eigenvalue weighted by molar-refractivity contribution is 0.619. The molecule has 0 fully saturated rings. The first-order valence-electron chi connectivity index (χ1n) is 4.44. The van der Waals surface area contributed by atoms with Gasteiger partial charge in [-0.05, 0) is 13.5 Å². The maximum absolute atomic E-state index is 4.00. The van der Waals surface area contributed by atoms with Crippen LogP contribution in [0.3, 0.4) is 0 Å². The summed E-state index contributed by atoms with van der Waals surface area (Å²) in [4.78, 5) is 0. The van der Waals surface area contributed by atoms with E-state index < -0.39 is 0 Å². The normalized spacial score (nSPS) is 13.2. The molecule has 74 valence electrons. The van der Waals surface area contributed by atoms with E-state index >= 15 is 0 Å². The van der Waals surface area contributed by atoms with Crippen molar-refractivity contribution in [1.82, 2.24) is 20.1 Å². The van der Waals surface area contributed by atoms with E-state index in [1.165, 1.54) is 0 Å². The average molecular weight is 200 g/mol. The molecule has 0 bridgehead atoms. The SMILES string of the molecule is CCNC(C)CSc1nncn1C. The number of nitrogens with one attached hydrogen (secondary N) is 1. The molecule has 1 aromatic heterocycles. The van der Waals surface area contributed by atoms with Crippen molar-refractivity contribution in [1.29, 1.82) is 0 Å². The molecule has 0 amide bonds. The molecule has 0 aliphatic carbocycles. The summed E-state index contributed by atoms with van der Waals surface area (Å²) in [6.07, 6.45) is 1.72. The van der Waals surface area contributed by atoms with Crippen LogP contribution in [0, 0.1) is 0 Å². The van der Waals surface area contributed by atoms with Gasteiger partial charge < -0.3 is 9.88 Å². The van der Waals surface area contributed by atoms with Gasteiger partial charge in [0, 0.05) is 18.8 Å². The number of aryl methyl sites for hydroxylation is 1. The van der Waals surface area contributed by atoms with Gasteiger partial charge in [0.05, 0.1) is 0 Å². The number of aromatic nitrogens is 3. The van der Waals surface area contributed by atoms with E-state index in [0.29, 0.717) is 6.04 Å². The molecule has 0 aliphatic rings. The molecule has 1 unspecified atom stereocenters. The summed E-state index contributed by atoms with van der Waals surface area (Å²) in [6.45, 7) is 5.30. The van der Waals surface area contributed by atoms with E-state index in [4.69, 9.17) is 0 Å². The summed E-state index contributed by atoms with van der Waals surface area (Å²) in [5.74, 6) is 1.03. The van der Waals surface area contributed by atoms with Crippen molar-refractivity contribution in [2.45, 2.75) is 25.0 Å². The Labute approximate surface area is 83.1 Å². The summed E-state index contributed by atoms with van der Waals surface area (Å²) >= 11 is 1.73. The fraction of sp³-hybridized carbons (Fsp3) is 0.750. The number of rotatable bonds is 5. The number of hydrogen-bond donors (Lipinski definition) is 1. The second-order valence-electron chi connectivity index (χ2n) is 2.99. The van der Waals surface area contributed by atoms with Crippen LogP contribution in [0.15, 0.2) is 11.5 Å². The van der Waals surface area contributed by atoms with Crippen LogP contribution in [0.5, 0.6) is 0 Å². The van der Waals surface area contributed by atoms with Gasteiger partial charge in [0.2, 0.25) is 0 Å². The third-order valence-electron chi connectivity index (χ3n) is 1.68. The first-order chi connectivity index (χ1) is 6.24. The van der Waals surface area contributed by atoms with Gasteiger partial charge in [-0.1, -0.05) is 18.7 Å². The van der Waals surface area contributed by atoms with Gasteiger partial charge in [0.25, 0.3) is 0 Å². The number of hydrogen-bond acceptors (Lipinski definition) is 4. The van der Waals surface area contributed by atoms with Gasteiger partial charge >= 0.3 is 0 Å². The molecular weight excluding hydrogens is 184 g/mol. The zero-order chi connectivity index (χ0) is 9.68. The minimum absolute atomic E-state index is 0.520. The fourth-order valence-corrected chi connectivity index (χ4v) is 1.88. The van der Waals surface area contributed by atoms with Crippen LogP contribution in [-0.2, 0) is 7.05 Å². The van der Waals surface area contributed by atoms with E-state index in [9.17, 15) is 0 Å². The van der Waals surface area contributed by atoms with Gasteiger partial charge in [-0.25, -0.2) is 0 Å². The summed E-state index contributed by atoms with van der Waals surface area (Å²) in [6, 6.07) is 0.520. The second kappa shape index (κ2) is 5.24. The molecule has 0 aromatic carbocycles. The third kappa shape index (κ3) is 3.36. The first kappa shape index (κ1) is 10.5. The van der Waals surface area contributed by atoms with Crippen LogP contribution in [-0.4, -0.2) is 33.1 Å². The van der Waals surface area contributed by atoms with Crippen LogP contribution >= 0.6 is 11.8 Å². The van der Waals surface area contributed by atoms with Gasteiger partial charge in [-0.2, -0.15) is 0 Å². The number of thioether (sulfide) groups is 1. The lowest BCUT2D eigenvalue weighted by Gasteiger charge is -2.10. The highest BCUT2D eigenvalue weighted by molar-refractivity contribution is 7.99. The fourth-order valence-electron chi connectivity index (χ4n) is 1.01. The lowest BCUT2D eigenvalue weighted by atomic mass is 10.4.